The van der Waals surface area contributed by atoms with Crippen LogP contribution in [-0.4, -0.2) is 53.8 Å². The van der Waals surface area contributed by atoms with E-state index in [-0.39, 0.29) is 5.91 Å². The average molecular weight is 336 g/mol. The van der Waals surface area contributed by atoms with Gasteiger partial charge in [0.25, 0.3) is 5.91 Å². The smallest absolute Gasteiger partial charge is 0.253 e. The summed E-state index contributed by atoms with van der Waals surface area (Å²) in [7, 11) is 0. The third-order valence-corrected chi connectivity index (χ3v) is 4.57. The zero-order valence-corrected chi connectivity index (χ0v) is 14.0. The third kappa shape index (κ3) is 3.33. The van der Waals surface area contributed by atoms with Crippen LogP contribution in [0.4, 0.5) is 5.82 Å². The van der Waals surface area contributed by atoms with E-state index in [1.165, 1.54) is 0 Å². The number of hydrogen-bond donors (Lipinski definition) is 0. The van der Waals surface area contributed by atoms with Crippen LogP contribution in [0.15, 0.2) is 48.2 Å². The summed E-state index contributed by atoms with van der Waals surface area (Å²) in [6.45, 7) is 3.39. The molecule has 1 amide bonds. The first kappa shape index (κ1) is 15.6. The number of fused-ring (bicyclic) bond motifs is 1. The number of nitrogens with zero attached hydrogens (tertiary/aromatic N) is 4. The zero-order valence-electron chi connectivity index (χ0n) is 14.0. The Bertz CT molecular complexity index is 791. The van der Waals surface area contributed by atoms with Gasteiger partial charge in [0.05, 0.1) is 5.57 Å². The Morgan fingerprint density at radius 3 is 2.84 bits per heavy atom. The van der Waals surface area contributed by atoms with Gasteiger partial charge in [-0.1, -0.05) is 18.2 Å². The summed E-state index contributed by atoms with van der Waals surface area (Å²) in [5.41, 5.74) is 1.68. The molecule has 128 valence electrons. The molecule has 25 heavy (non-hydrogen) atoms. The molecule has 2 aliphatic heterocycles. The van der Waals surface area contributed by atoms with Crippen LogP contribution >= 0.6 is 0 Å². The topological polar surface area (TPSA) is 58.6 Å². The molecule has 0 N–H and O–H groups in total. The zero-order chi connectivity index (χ0) is 17.1. The lowest BCUT2D eigenvalue weighted by Gasteiger charge is -2.25. The molecule has 1 aromatic heterocycles. The molecule has 0 atom stereocenters. The summed E-state index contributed by atoms with van der Waals surface area (Å²) in [6, 6.07) is 11.6. The number of amides is 1. The summed E-state index contributed by atoms with van der Waals surface area (Å²) in [5.74, 6) is 1.77. The Hall–Kier alpha value is -2.89. The summed E-state index contributed by atoms with van der Waals surface area (Å²) in [4.78, 5) is 17.0. The summed E-state index contributed by atoms with van der Waals surface area (Å²) >= 11 is 0. The molecule has 4 rings (SSSR count). The molecule has 0 bridgehead atoms. The second-order valence-corrected chi connectivity index (χ2v) is 6.21. The maximum absolute atomic E-state index is 12.9. The van der Waals surface area contributed by atoms with Crippen LogP contribution in [0, 0.1) is 0 Å². The Labute approximate surface area is 146 Å². The van der Waals surface area contributed by atoms with E-state index in [0.717, 1.165) is 43.2 Å². The fourth-order valence-electron chi connectivity index (χ4n) is 3.25. The van der Waals surface area contributed by atoms with Crippen molar-refractivity contribution in [2.75, 3.05) is 37.7 Å². The van der Waals surface area contributed by atoms with Gasteiger partial charge in [-0.25, -0.2) is 0 Å². The van der Waals surface area contributed by atoms with Gasteiger partial charge in [-0.2, -0.15) is 5.10 Å². The second-order valence-electron chi connectivity index (χ2n) is 6.21. The standard InChI is InChI=1S/C19H20N4O2/c24-19(16-13-15-5-1-2-6-17(15)25-14-16)23-10-4-9-22(11-12-23)18-7-3-8-20-21-18/h1-3,5-8,13H,4,9-12,14H2. The number of carbonyl (C=O) groups is 1. The maximum Gasteiger partial charge on any atom is 0.253 e. The molecule has 0 aliphatic carbocycles. The van der Waals surface area contributed by atoms with E-state index in [1.807, 2.05) is 47.4 Å². The molecule has 1 saturated heterocycles. The number of rotatable bonds is 2. The van der Waals surface area contributed by atoms with Crippen molar-refractivity contribution in [2.45, 2.75) is 6.42 Å². The lowest BCUT2D eigenvalue weighted by atomic mass is 10.1. The molecule has 2 aliphatic rings. The molecule has 0 unspecified atom stereocenters. The Balaban J connectivity index is 1.46. The van der Waals surface area contributed by atoms with Crippen LogP contribution in [0.1, 0.15) is 12.0 Å². The molecular formula is C19H20N4O2. The first-order valence-corrected chi connectivity index (χ1v) is 8.55. The van der Waals surface area contributed by atoms with Crippen LogP contribution in [0.3, 0.4) is 0 Å². The minimum atomic E-state index is 0.0653. The fourth-order valence-corrected chi connectivity index (χ4v) is 3.25. The van der Waals surface area contributed by atoms with Gasteiger partial charge in [-0.3, -0.25) is 4.79 Å². The third-order valence-electron chi connectivity index (χ3n) is 4.57. The lowest BCUT2D eigenvalue weighted by molar-refractivity contribution is -0.127. The van der Waals surface area contributed by atoms with Crippen LogP contribution in [0.25, 0.3) is 6.08 Å². The van der Waals surface area contributed by atoms with Gasteiger partial charge in [0.2, 0.25) is 0 Å². The highest BCUT2D eigenvalue weighted by Gasteiger charge is 2.24. The van der Waals surface area contributed by atoms with Crippen molar-refractivity contribution in [3.8, 4) is 5.75 Å². The first-order chi connectivity index (χ1) is 12.3. The Morgan fingerprint density at radius 1 is 1.04 bits per heavy atom. The number of carbonyl (C=O) groups excluding carboxylic acids is 1. The molecular weight excluding hydrogens is 316 g/mol. The molecule has 3 heterocycles. The van der Waals surface area contributed by atoms with Gasteiger partial charge < -0.3 is 14.5 Å². The molecule has 1 aromatic carbocycles. The number of aromatic nitrogens is 2. The molecule has 2 aromatic rings. The highest BCUT2D eigenvalue weighted by molar-refractivity contribution is 5.99. The second kappa shape index (κ2) is 6.93. The van der Waals surface area contributed by atoms with Crippen LogP contribution < -0.4 is 9.64 Å². The summed E-state index contributed by atoms with van der Waals surface area (Å²) in [6.07, 6.45) is 4.53. The van der Waals surface area contributed by atoms with Crippen molar-refractivity contribution in [3.63, 3.8) is 0 Å². The van der Waals surface area contributed by atoms with Gasteiger partial charge in [0.15, 0.2) is 5.82 Å². The van der Waals surface area contributed by atoms with Crippen molar-refractivity contribution in [3.05, 3.63) is 53.7 Å². The number of anilines is 1. The van der Waals surface area contributed by atoms with Crippen molar-refractivity contribution in [2.24, 2.45) is 0 Å². The van der Waals surface area contributed by atoms with Crippen molar-refractivity contribution < 1.29 is 9.53 Å². The minimum absolute atomic E-state index is 0.0653. The van der Waals surface area contributed by atoms with Crippen molar-refractivity contribution in [1.29, 1.82) is 0 Å². The van der Waals surface area contributed by atoms with Gasteiger partial charge >= 0.3 is 0 Å². The molecule has 6 nitrogen and oxygen atoms in total. The molecule has 0 spiro atoms. The monoisotopic (exact) mass is 336 g/mol. The van der Waals surface area contributed by atoms with E-state index in [2.05, 4.69) is 15.1 Å². The van der Waals surface area contributed by atoms with Gasteiger partial charge in [-0.15, -0.1) is 5.10 Å². The predicted molar refractivity (Wildman–Crippen MR) is 95.4 cm³/mol. The summed E-state index contributed by atoms with van der Waals surface area (Å²) in [5, 5.41) is 8.11. The molecule has 6 heteroatoms. The average Bonchev–Trinajstić information content (AvgIpc) is 2.94. The Morgan fingerprint density at radius 2 is 1.96 bits per heavy atom. The quantitative estimate of drug-likeness (QED) is 0.839. The maximum atomic E-state index is 12.9. The van der Waals surface area contributed by atoms with Gasteiger partial charge in [-0.05, 0) is 30.7 Å². The minimum Gasteiger partial charge on any atom is -0.488 e. The number of benzene rings is 1. The van der Waals surface area contributed by atoms with Crippen LogP contribution in [-0.2, 0) is 4.79 Å². The Kier molecular flexibility index (Phi) is 4.33. The number of hydrogen-bond acceptors (Lipinski definition) is 5. The first-order valence-electron chi connectivity index (χ1n) is 8.55. The van der Waals surface area contributed by atoms with Crippen molar-refractivity contribution >= 4 is 17.8 Å². The molecule has 1 fully saturated rings. The van der Waals surface area contributed by atoms with E-state index in [9.17, 15) is 4.79 Å². The van der Waals surface area contributed by atoms with Gasteiger partial charge in [0, 0.05) is 37.9 Å². The van der Waals surface area contributed by atoms with E-state index >= 15 is 0 Å². The number of para-hydroxylation sites is 1. The largest absolute Gasteiger partial charge is 0.488 e. The van der Waals surface area contributed by atoms with E-state index in [1.54, 1.807) is 6.20 Å². The molecule has 0 radical (unpaired) electrons. The van der Waals surface area contributed by atoms with Crippen molar-refractivity contribution in [1.82, 2.24) is 15.1 Å². The van der Waals surface area contributed by atoms with Gasteiger partial charge in [0.1, 0.15) is 12.4 Å². The normalized spacial score (nSPS) is 17.2. The summed E-state index contributed by atoms with van der Waals surface area (Å²) < 4.78 is 5.73. The fraction of sp³-hybridized carbons (Fsp3) is 0.316. The van der Waals surface area contributed by atoms with E-state index in [4.69, 9.17) is 4.74 Å². The SMILES string of the molecule is O=C(C1=Cc2ccccc2OC1)N1CCCN(c2cccnn2)CC1. The predicted octanol–water partition coefficient (Wildman–Crippen LogP) is 1.99. The lowest BCUT2D eigenvalue weighted by Crippen LogP contribution is -2.37. The van der Waals surface area contributed by atoms with Crippen LogP contribution in [0.2, 0.25) is 0 Å². The molecule has 0 saturated carbocycles. The highest BCUT2D eigenvalue weighted by atomic mass is 16.5. The van der Waals surface area contributed by atoms with E-state index in [0.29, 0.717) is 18.7 Å². The van der Waals surface area contributed by atoms with E-state index < -0.39 is 0 Å². The number of ether oxygens (including phenoxy) is 1. The highest BCUT2D eigenvalue weighted by Crippen LogP contribution is 2.26. The van der Waals surface area contributed by atoms with Crippen LogP contribution in [0.5, 0.6) is 5.75 Å².